The van der Waals surface area contributed by atoms with Crippen LogP contribution in [-0.2, 0) is 14.4 Å². The topological polar surface area (TPSA) is 66.5 Å². The lowest BCUT2D eigenvalue weighted by Crippen LogP contribution is -2.31. The van der Waals surface area contributed by atoms with Gasteiger partial charge in [0.25, 0.3) is 0 Å². The number of nitrogens with zero attached hydrogens (tertiary/aromatic N) is 1. The second kappa shape index (κ2) is 9.26. The number of benzene rings is 2. The fourth-order valence-electron chi connectivity index (χ4n) is 2.92. The summed E-state index contributed by atoms with van der Waals surface area (Å²) in [4.78, 5) is 39.0. The minimum Gasteiger partial charge on any atom is -0.326 e. The van der Waals surface area contributed by atoms with Crippen molar-refractivity contribution in [3.05, 3.63) is 53.6 Å². The van der Waals surface area contributed by atoms with Crippen molar-refractivity contribution < 1.29 is 14.4 Å². The van der Waals surface area contributed by atoms with E-state index in [1.807, 2.05) is 31.2 Å². The minimum absolute atomic E-state index is 0.00372. The van der Waals surface area contributed by atoms with Gasteiger partial charge >= 0.3 is 0 Å². The lowest BCUT2D eigenvalue weighted by molar-refractivity contribution is -0.121. The molecule has 1 aliphatic heterocycles. The van der Waals surface area contributed by atoms with Crippen LogP contribution in [0.3, 0.4) is 0 Å². The zero-order chi connectivity index (χ0) is 20.1. The van der Waals surface area contributed by atoms with Crippen molar-refractivity contribution >= 4 is 52.5 Å². The van der Waals surface area contributed by atoms with Crippen molar-refractivity contribution in [2.75, 3.05) is 10.2 Å². The van der Waals surface area contributed by atoms with Crippen molar-refractivity contribution in [1.82, 2.24) is 0 Å². The summed E-state index contributed by atoms with van der Waals surface area (Å²) in [6.45, 7) is 2.04. The molecule has 0 radical (unpaired) electrons. The van der Waals surface area contributed by atoms with Crippen LogP contribution in [0.2, 0.25) is 5.02 Å². The fourth-order valence-corrected chi connectivity index (χ4v) is 4.16. The smallest absolute Gasteiger partial charge is 0.247 e. The fraction of sp³-hybridized carbons (Fsp3) is 0.286. The lowest BCUT2D eigenvalue weighted by atomic mass is 10.2. The van der Waals surface area contributed by atoms with Crippen LogP contribution in [0.4, 0.5) is 11.4 Å². The maximum atomic E-state index is 12.7. The standard InChI is InChI=1S/C21H21ClN2O3S/c1-2-3-7-19(25)23-15-8-10-17(11-9-15)28-18-13-20(26)24(21(18)27)16-6-4-5-14(22)12-16/h4-6,8-12,18H,2-3,7,13H2,1H3,(H,23,25). The number of imide groups is 1. The van der Waals surface area contributed by atoms with Gasteiger partial charge in [0.1, 0.15) is 0 Å². The Bertz CT molecular complexity index is 885. The molecule has 1 N–H and O–H groups in total. The molecule has 1 aliphatic rings. The number of anilines is 2. The summed E-state index contributed by atoms with van der Waals surface area (Å²) in [5.74, 6) is -0.477. The highest BCUT2D eigenvalue weighted by molar-refractivity contribution is 8.00. The quantitative estimate of drug-likeness (QED) is 0.652. The summed E-state index contributed by atoms with van der Waals surface area (Å²) in [6.07, 6.45) is 2.49. The van der Waals surface area contributed by atoms with E-state index >= 15 is 0 Å². The predicted molar refractivity (Wildman–Crippen MR) is 113 cm³/mol. The number of halogens is 1. The summed E-state index contributed by atoms with van der Waals surface area (Å²) in [5, 5.41) is 2.86. The predicted octanol–water partition coefficient (Wildman–Crippen LogP) is 4.89. The largest absolute Gasteiger partial charge is 0.326 e. The molecule has 1 atom stereocenters. The average molecular weight is 417 g/mol. The van der Waals surface area contributed by atoms with Crippen molar-refractivity contribution in [1.29, 1.82) is 0 Å². The molecule has 5 nitrogen and oxygen atoms in total. The van der Waals surface area contributed by atoms with E-state index in [2.05, 4.69) is 5.32 Å². The maximum absolute atomic E-state index is 12.7. The summed E-state index contributed by atoms with van der Waals surface area (Å²) in [7, 11) is 0. The molecule has 1 saturated heterocycles. The highest BCUT2D eigenvalue weighted by Crippen LogP contribution is 2.35. The number of hydrogen-bond donors (Lipinski definition) is 1. The van der Waals surface area contributed by atoms with Crippen LogP contribution >= 0.6 is 23.4 Å². The average Bonchev–Trinajstić information content (AvgIpc) is 2.95. The Morgan fingerprint density at radius 1 is 1.21 bits per heavy atom. The van der Waals surface area contributed by atoms with Crippen LogP contribution in [0.5, 0.6) is 0 Å². The van der Waals surface area contributed by atoms with E-state index in [4.69, 9.17) is 11.6 Å². The van der Waals surface area contributed by atoms with Gasteiger partial charge in [-0.15, -0.1) is 11.8 Å². The van der Waals surface area contributed by atoms with E-state index in [0.717, 1.165) is 23.4 Å². The lowest BCUT2D eigenvalue weighted by Gasteiger charge is -2.15. The molecule has 2 aromatic rings. The first-order valence-corrected chi connectivity index (χ1v) is 10.4. The number of carbonyl (C=O) groups is 3. The van der Waals surface area contributed by atoms with Gasteiger partial charge in [-0.05, 0) is 48.9 Å². The number of unbranched alkanes of at least 4 members (excludes halogenated alkanes) is 1. The third-order valence-electron chi connectivity index (χ3n) is 4.35. The summed E-state index contributed by atoms with van der Waals surface area (Å²) >= 11 is 7.33. The van der Waals surface area contributed by atoms with Gasteiger partial charge in [-0.3, -0.25) is 14.4 Å². The van der Waals surface area contributed by atoms with E-state index in [1.54, 1.807) is 24.3 Å². The molecule has 146 valence electrons. The Labute approximate surface area is 173 Å². The molecule has 28 heavy (non-hydrogen) atoms. The van der Waals surface area contributed by atoms with E-state index in [9.17, 15) is 14.4 Å². The monoisotopic (exact) mass is 416 g/mol. The molecular weight excluding hydrogens is 396 g/mol. The maximum Gasteiger partial charge on any atom is 0.247 e. The Kier molecular flexibility index (Phi) is 6.75. The Hall–Kier alpha value is -2.31. The summed E-state index contributed by atoms with van der Waals surface area (Å²) < 4.78 is 0. The molecule has 1 heterocycles. The van der Waals surface area contributed by atoms with E-state index in [1.165, 1.54) is 16.7 Å². The van der Waals surface area contributed by atoms with Crippen LogP contribution in [0, 0.1) is 0 Å². The van der Waals surface area contributed by atoms with Gasteiger partial charge in [0, 0.05) is 28.4 Å². The summed E-state index contributed by atoms with van der Waals surface area (Å²) in [5.41, 5.74) is 1.22. The summed E-state index contributed by atoms with van der Waals surface area (Å²) in [6, 6.07) is 14.0. The molecule has 2 aromatic carbocycles. The van der Waals surface area contributed by atoms with Crippen molar-refractivity contribution in [3.63, 3.8) is 0 Å². The van der Waals surface area contributed by atoms with Gasteiger partial charge < -0.3 is 5.32 Å². The minimum atomic E-state index is -0.475. The van der Waals surface area contributed by atoms with E-state index in [0.29, 0.717) is 17.1 Å². The molecule has 1 unspecified atom stereocenters. The van der Waals surface area contributed by atoms with Crippen molar-refractivity contribution in [2.24, 2.45) is 0 Å². The molecule has 0 saturated carbocycles. The first kappa shape index (κ1) is 20.4. The second-order valence-corrected chi connectivity index (χ2v) is 8.25. The third-order valence-corrected chi connectivity index (χ3v) is 5.78. The zero-order valence-corrected chi connectivity index (χ0v) is 17.1. The van der Waals surface area contributed by atoms with Gasteiger partial charge in [0.05, 0.1) is 10.9 Å². The van der Waals surface area contributed by atoms with Gasteiger partial charge in [-0.2, -0.15) is 0 Å². The van der Waals surface area contributed by atoms with Crippen molar-refractivity contribution in [2.45, 2.75) is 42.8 Å². The molecular formula is C21H21ClN2O3S. The van der Waals surface area contributed by atoms with Crippen LogP contribution in [0.15, 0.2) is 53.4 Å². The van der Waals surface area contributed by atoms with Crippen LogP contribution in [0.1, 0.15) is 32.6 Å². The number of nitrogens with one attached hydrogen (secondary N) is 1. The number of carbonyl (C=O) groups excluding carboxylic acids is 3. The van der Waals surface area contributed by atoms with Crippen molar-refractivity contribution in [3.8, 4) is 0 Å². The molecule has 3 rings (SSSR count). The van der Waals surface area contributed by atoms with Crippen LogP contribution < -0.4 is 10.2 Å². The normalized spacial score (nSPS) is 16.5. The molecule has 0 spiro atoms. The zero-order valence-electron chi connectivity index (χ0n) is 15.5. The Morgan fingerprint density at radius 2 is 1.96 bits per heavy atom. The van der Waals surface area contributed by atoms with Crippen LogP contribution in [0.25, 0.3) is 0 Å². The Balaban J connectivity index is 1.63. The molecule has 0 aromatic heterocycles. The first-order chi connectivity index (χ1) is 13.5. The number of amides is 3. The molecule has 1 fully saturated rings. The van der Waals surface area contributed by atoms with Gasteiger partial charge in [-0.25, -0.2) is 4.90 Å². The first-order valence-electron chi connectivity index (χ1n) is 9.17. The highest BCUT2D eigenvalue weighted by atomic mass is 35.5. The van der Waals surface area contributed by atoms with Gasteiger partial charge in [-0.1, -0.05) is 31.0 Å². The second-order valence-electron chi connectivity index (χ2n) is 6.53. The molecule has 0 bridgehead atoms. The number of rotatable bonds is 7. The number of hydrogen-bond acceptors (Lipinski definition) is 4. The van der Waals surface area contributed by atoms with Gasteiger partial charge in [0.2, 0.25) is 17.7 Å². The Morgan fingerprint density at radius 3 is 2.64 bits per heavy atom. The molecule has 0 aliphatic carbocycles. The SMILES string of the molecule is CCCCC(=O)Nc1ccc(SC2CC(=O)N(c3cccc(Cl)c3)C2=O)cc1. The van der Waals surface area contributed by atoms with E-state index < -0.39 is 5.25 Å². The van der Waals surface area contributed by atoms with E-state index in [-0.39, 0.29) is 24.1 Å². The third kappa shape index (κ3) is 4.94. The molecule has 3 amide bonds. The molecule has 7 heteroatoms. The number of thioether (sulfide) groups is 1. The van der Waals surface area contributed by atoms with Crippen LogP contribution in [-0.4, -0.2) is 23.0 Å². The highest BCUT2D eigenvalue weighted by Gasteiger charge is 2.40. The van der Waals surface area contributed by atoms with Gasteiger partial charge in [0.15, 0.2) is 0 Å².